The van der Waals surface area contributed by atoms with Gasteiger partial charge < -0.3 is 4.74 Å². The number of rotatable bonds is 3. The number of nitriles is 1. The Labute approximate surface area is 108 Å². The number of nitrogens with one attached hydrogen (secondary N) is 1. The van der Waals surface area contributed by atoms with Crippen molar-refractivity contribution in [2.24, 2.45) is 0 Å². The first kappa shape index (κ1) is 12.8. The molecule has 1 heterocycles. The van der Waals surface area contributed by atoms with Gasteiger partial charge in [-0.1, -0.05) is 0 Å². The van der Waals surface area contributed by atoms with E-state index in [4.69, 9.17) is 10.00 Å². The van der Waals surface area contributed by atoms with Crippen LogP contribution in [0.4, 0.5) is 4.39 Å². The molecule has 0 amide bonds. The van der Waals surface area contributed by atoms with E-state index in [0.717, 1.165) is 10.7 Å². The van der Waals surface area contributed by atoms with E-state index in [2.05, 4.69) is 10.1 Å². The minimum Gasteiger partial charge on any atom is -0.492 e. The van der Waals surface area contributed by atoms with Crippen molar-refractivity contribution in [3.63, 3.8) is 0 Å². The van der Waals surface area contributed by atoms with Gasteiger partial charge in [0.1, 0.15) is 23.3 Å². The first-order chi connectivity index (χ1) is 9.06. The molecule has 0 unspecified atom stereocenters. The zero-order valence-corrected chi connectivity index (χ0v) is 10.4. The van der Waals surface area contributed by atoms with Crippen molar-refractivity contribution in [1.82, 2.24) is 14.8 Å². The van der Waals surface area contributed by atoms with Gasteiger partial charge in [0.15, 0.2) is 5.82 Å². The molecule has 0 spiro atoms. The lowest BCUT2D eigenvalue weighted by Gasteiger charge is -2.08. The molecular formula is C12H11FN4O2. The van der Waals surface area contributed by atoms with E-state index in [1.807, 2.05) is 6.07 Å². The van der Waals surface area contributed by atoms with Gasteiger partial charge in [-0.3, -0.25) is 4.98 Å². The molecule has 19 heavy (non-hydrogen) atoms. The lowest BCUT2D eigenvalue weighted by Crippen LogP contribution is -2.17. The van der Waals surface area contributed by atoms with Crippen LogP contribution in [0.5, 0.6) is 5.75 Å². The molecule has 0 aliphatic heterocycles. The number of hydrogen-bond donors (Lipinski definition) is 1. The van der Waals surface area contributed by atoms with Crippen molar-refractivity contribution >= 4 is 0 Å². The second-order valence-electron chi connectivity index (χ2n) is 3.77. The number of H-pyrrole nitrogens is 1. The third-order valence-corrected chi connectivity index (χ3v) is 2.43. The maximum atomic E-state index is 13.9. The predicted molar refractivity (Wildman–Crippen MR) is 64.8 cm³/mol. The largest absolute Gasteiger partial charge is 0.492 e. The van der Waals surface area contributed by atoms with Crippen LogP contribution in [0.1, 0.15) is 18.3 Å². The van der Waals surface area contributed by atoms with E-state index in [0.29, 0.717) is 12.4 Å². The van der Waals surface area contributed by atoms with Crippen molar-refractivity contribution in [1.29, 1.82) is 5.26 Å². The summed E-state index contributed by atoms with van der Waals surface area (Å²) in [6.45, 7) is 3.66. The smallest absolute Gasteiger partial charge is 0.348 e. The van der Waals surface area contributed by atoms with E-state index in [1.165, 1.54) is 6.07 Å². The molecule has 2 aromatic rings. The fraction of sp³-hybridized carbons (Fsp3) is 0.250. The summed E-state index contributed by atoms with van der Waals surface area (Å²) in [5, 5.41) is 12.8. The zero-order chi connectivity index (χ0) is 14.0. The molecule has 1 aromatic carbocycles. The van der Waals surface area contributed by atoms with Gasteiger partial charge in [-0.25, -0.2) is 9.18 Å². The summed E-state index contributed by atoms with van der Waals surface area (Å²) in [5.74, 6) is -0.130. The monoisotopic (exact) mass is 262 g/mol. The molecule has 0 aliphatic carbocycles. The predicted octanol–water partition coefficient (Wildman–Crippen LogP) is 1.28. The van der Waals surface area contributed by atoms with Crippen LogP contribution in [0, 0.1) is 24.1 Å². The van der Waals surface area contributed by atoms with Gasteiger partial charge in [-0.15, -0.1) is 0 Å². The molecule has 0 saturated carbocycles. The van der Waals surface area contributed by atoms with E-state index >= 15 is 0 Å². The number of aromatic nitrogens is 3. The molecule has 1 aromatic heterocycles. The molecule has 2 rings (SSSR count). The average molecular weight is 262 g/mol. The summed E-state index contributed by atoms with van der Waals surface area (Å²) in [6.07, 6.45) is 0. The number of aryl methyl sites for hydroxylation is 1. The van der Waals surface area contributed by atoms with E-state index in [9.17, 15) is 9.18 Å². The van der Waals surface area contributed by atoms with Crippen molar-refractivity contribution in [3.05, 3.63) is 39.8 Å². The standard InChI is InChI=1S/C12H11FN4O2/c1-3-19-11-5-10(9(13)4-8(11)6-14)17-12(18)15-7(2)16-17/h4-5H,3H2,1-2H3,(H,15,16,18). The highest BCUT2D eigenvalue weighted by Crippen LogP contribution is 2.24. The highest BCUT2D eigenvalue weighted by atomic mass is 19.1. The summed E-state index contributed by atoms with van der Waals surface area (Å²) in [7, 11) is 0. The first-order valence-corrected chi connectivity index (χ1v) is 5.59. The number of ether oxygens (including phenoxy) is 1. The number of hydrogen-bond acceptors (Lipinski definition) is 4. The number of nitrogens with zero attached hydrogens (tertiary/aromatic N) is 3. The molecule has 6 nitrogen and oxygen atoms in total. The molecule has 1 N–H and O–H groups in total. The Morgan fingerprint density at radius 3 is 2.84 bits per heavy atom. The van der Waals surface area contributed by atoms with Crippen molar-refractivity contribution in [2.75, 3.05) is 6.61 Å². The lowest BCUT2D eigenvalue weighted by molar-refractivity contribution is 0.338. The SMILES string of the molecule is CCOc1cc(-n2nc(C)[nH]c2=O)c(F)cc1C#N. The van der Waals surface area contributed by atoms with E-state index in [1.54, 1.807) is 13.8 Å². The summed E-state index contributed by atoms with van der Waals surface area (Å²) >= 11 is 0. The van der Waals surface area contributed by atoms with Crippen molar-refractivity contribution < 1.29 is 9.13 Å². The lowest BCUT2D eigenvalue weighted by atomic mass is 10.2. The molecular weight excluding hydrogens is 251 g/mol. The molecule has 0 saturated heterocycles. The third-order valence-electron chi connectivity index (χ3n) is 2.43. The van der Waals surface area contributed by atoms with Gasteiger partial charge in [0.2, 0.25) is 0 Å². The Morgan fingerprint density at radius 2 is 2.32 bits per heavy atom. The van der Waals surface area contributed by atoms with Gasteiger partial charge in [0.05, 0.1) is 12.2 Å². The van der Waals surface area contributed by atoms with Crippen LogP contribution in [0.25, 0.3) is 5.69 Å². The summed E-state index contributed by atoms with van der Waals surface area (Å²) in [4.78, 5) is 14.0. The Morgan fingerprint density at radius 1 is 1.58 bits per heavy atom. The molecule has 7 heteroatoms. The quantitative estimate of drug-likeness (QED) is 0.903. The summed E-state index contributed by atoms with van der Waals surface area (Å²) < 4.78 is 20.1. The third kappa shape index (κ3) is 2.33. The van der Waals surface area contributed by atoms with Crippen LogP contribution in [0.2, 0.25) is 0 Å². The van der Waals surface area contributed by atoms with Crippen LogP contribution >= 0.6 is 0 Å². The maximum absolute atomic E-state index is 13.9. The number of halogens is 1. The molecule has 0 fully saturated rings. The van der Waals surface area contributed by atoms with Crippen LogP contribution in [0.3, 0.4) is 0 Å². The Bertz CT molecular complexity index is 711. The van der Waals surface area contributed by atoms with Crippen LogP contribution < -0.4 is 10.4 Å². The molecule has 0 radical (unpaired) electrons. The van der Waals surface area contributed by atoms with Gasteiger partial charge in [-0.05, 0) is 19.9 Å². The second-order valence-corrected chi connectivity index (χ2v) is 3.77. The second kappa shape index (κ2) is 4.94. The average Bonchev–Trinajstić information content (AvgIpc) is 2.70. The fourth-order valence-corrected chi connectivity index (χ4v) is 1.66. The van der Waals surface area contributed by atoms with E-state index < -0.39 is 11.5 Å². The Hall–Kier alpha value is -2.62. The topological polar surface area (TPSA) is 83.7 Å². The number of aromatic amines is 1. The highest BCUT2D eigenvalue weighted by Gasteiger charge is 2.15. The minimum absolute atomic E-state index is 0.0585. The molecule has 0 bridgehead atoms. The van der Waals surface area contributed by atoms with Crippen LogP contribution in [-0.4, -0.2) is 21.4 Å². The Balaban J connectivity index is 2.65. The minimum atomic E-state index is -0.714. The van der Waals surface area contributed by atoms with Gasteiger partial charge in [0, 0.05) is 6.07 Å². The highest BCUT2D eigenvalue weighted by molar-refractivity contribution is 5.50. The Kier molecular flexibility index (Phi) is 3.33. The van der Waals surface area contributed by atoms with Gasteiger partial charge >= 0.3 is 5.69 Å². The summed E-state index contributed by atoms with van der Waals surface area (Å²) in [6, 6.07) is 4.15. The molecule has 0 aliphatic rings. The van der Waals surface area contributed by atoms with Crippen LogP contribution in [-0.2, 0) is 0 Å². The first-order valence-electron chi connectivity index (χ1n) is 5.59. The fourth-order valence-electron chi connectivity index (χ4n) is 1.66. The molecule has 98 valence electrons. The normalized spacial score (nSPS) is 10.2. The molecule has 0 atom stereocenters. The van der Waals surface area contributed by atoms with E-state index in [-0.39, 0.29) is 17.0 Å². The maximum Gasteiger partial charge on any atom is 0.348 e. The van der Waals surface area contributed by atoms with Crippen molar-refractivity contribution in [2.45, 2.75) is 13.8 Å². The van der Waals surface area contributed by atoms with Gasteiger partial charge in [0.25, 0.3) is 0 Å². The van der Waals surface area contributed by atoms with Crippen LogP contribution in [0.15, 0.2) is 16.9 Å². The van der Waals surface area contributed by atoms with Crippen molar-refractivity contribution in [3.8, 4) is 17.5 Å². The van der Waals surface area contributed by atoms with Gasteiger partial charge in [-0.2, -0.15) is 15.0 Å². The zero-order valence-electron chi connectivity index (χ0n) is 10.4. The number of benzene rings is 1. The summed E-state index contributed by atoms with van der Waals surface area (Å²) in [5.41, 5.74) is -0.538.